The van der Waals surface area contributed by atoms with Crippen LogP contribution in [-0.2, 0) is 0 Å². The summed E-state index contributed by atoms with van der Waals surface area (Å²) in [5, 5.41) is 16.5. The summed E-state index contributed by atoms with van der Waals surface area (Å²) in [7, 11) is 0. The van der Waals surface area contributed by atoms with Crippen molar-refractivity contribution >= 4 is 40.2 Å². The first kappa shape index (κ1) is 19.7. The molecule has 7 nitrogen and oxygen atoms in total. The van der Waals surface area contributed by atoms with Gasteiger partial charge in [0, 0.05) is 35.0 Å². The lowest BCUT2D eigenvalue weighted by Gasteiger charge is -2.08. The Morgan fingerprint density at radius 1 is 1.07 bits per heavy atom. The molecule has 2 aromatic heterocycles. The summed E-state index contributed by atoms with van der Waals surface area (Å²) >= 11 is 7.53. The number of rotatable bonds is 5. The Bertz CT molecular complexity index is 1240. The van der Waals surface area contributed by atoms with Crippen molar-refractivity contribution in [3.8, 4) is 22.0 Å². The molecule has 9 heteroatoms. The summed E-state index contributed by atoms with van der Waals surface area (Å²) in [6.07, 6.45) is 1.71. The number of carbonyl (C=O) groups is 1. The fourth-order valence-corrected chi connectivity index (χ4v) is 3.78. The molecule has 2 heterocycles. The SMILES string of the molecule is O=C(Nc1cccc(-c2csc(-c3ccccn3)n2)c1)c1cc([N+](=O)[O-])ccc1Cl. The number of thiazole rings is 1. The second-order valence-corrected chi connectivity index (χ2v) is 7.47. The second-order valence-electron chi connectivity index (χ2n) is 6.21. The lowest BCUT2D eigenvalue weighted by Crippen LogP contribution is -2.12. The van der Waals surface area contributed by atoms with Crippen molar-refractivity contribution < 1.29 is 9.72 Å². The molecule has 148 valence electrons. The van der Waals surface area contributed by atoms with E-state index in [0.29, 0.717) is 5.69 Å². The summed E-state index contributed by atoms with van der Waals surface area (Å²) in [5.74, 6) is -0.534. The van der Waals surface area contributed by atoms with Crippen molar-refractivity contribution in [3.63, 3.8) is 0 Å². The molecule has 4 aromatic rings. The number of carbonyl (C=O) groups excluding carboxylic acids is 1. The van der Waals surface area contributed by atoms with E-state index >= 15 is 0 Å². The summed E-state index contributed by atoms with van der Waals surface area (Å²) in [6, 6.07) is 16.5. The number of anilines is 1. The van der Waals surface area contributed by atoms with Gasteiger partial charge in [-0.3, -0.25) is 19.9 Å². The maximum atomic E-state index is 12.6. The molecule has 0 aliphatic carbocycles. The minimum atomic E-state index is -0.574. The number of pyridine rings is 1. The number of nitro benzene ring substituents is 1. The molecule has 0 aliphatic rings. The predicted octanol–water partition coefficient (Wildman–Crippen LogP) is 5.69. The molecule has 0 fully saturated rings. The van der Waals surface area contributed by atoms with Gasteiger partial charge in [-0.1, -0.05) is 29.8 Å². The third-order valence-electron chi connectivity index (χ3n) is 4.21. The molecular weight excluding hydrogens is 424 g/mol. The lowest BCUT2D eigenvalue weighted by atomic mass is 10.1. The molecule has 0 aliphatic heterocycles. The Morgan fingerprint density at radius 3 is 2.70 bits per heavy atom. The largest absolute Gasteiger partial charge is 0.322 e. The molecule has 30 heavy (non-hydrogen) atoms. The van der Waals surface area contributed by atoms with Crippen LogP contribution in [0, 0.1) is 10.1 Å². The van der Waals surface area contributed by atoms with Crippen LogP contribution in [0.5, 0.6) is 0 Å². The van der Waals surface area contributed by atoms with Crippen LogP contribution in [-0.4, -0.2) is 20.8 Å². The van der Waals surface area contributed by atoms with E-state index in [9.17, 15) is 14.9 Å². The number of benzene rings is 2. The van der Waals surface area contributed by atoms with E-state index in [0.717, 1.165) is 28.0 Å². The van der Waals surface area contributed by atoms with Gasteiger partial charge in [0.2, 0.25) is 0 Å². The summed E-state index contributed by atoms with van der Waals surface area (Å²) in [5.41, 5.74) is 2.71. The van der Waals surface area contributed by atoms with E-state index in [1.165, 1.54) is 23.5 Å². The number of non-ortho nitro benzene ring substituents is 1. The third-order valence-corrected chi connectivity index (χ3v) is 5.40. The molecule has 1 N–H and O–H groups in total. The number of aromatic nitrogens is 2. The molecule has 0 bridgehead atoms. The van der Waals surface area contributed by atoms with Crippen LogP contribution in [0.2, 0.25) is 5.02 Å². The Morgan fingerprint density at radius 2 is 1.93 bits per heavy atom. The Hall–Kier alpha value is -3.62. The monoisotopic (exact) mass is 436 g/mol. The maximum absolute atomic E-state index is 12.6. The van der Waals surface area contributed by atoms with Crippen LogP contribution in [0.3, 0.4) is 0 Å². The van der Waals surface area contributed by atoms with Gasteiger partial charge in [0.1, 0.15) is 5.01 Å². The fourth-order valence-electron chi connectivity index (χ4n) is 2.77. The van der Waals surface area contributed by atoms with Gasteiger partial charge in [0.05, 0.1) is 26.9 Å². The van der Waals surface area contributed by atoms with Crippen molar-refractivity contribution in [1.29, 1.82) is 0 Å². The molecule has 2 aromatic carbocycles. The first-order valence-electron chi connectivity index (χ1n) is 8.74. The molecule has 0 saturated heterocycles. The van der Waals surface area contributed by atoms with Crippen molar-refractivity contribution in [3.05, 3.63) is 92.9 Å². The Labute approximate surface area is 180 Å². The van der Waals surface area contributed by atoms with E-state index in [4.69, 9.17) is 11.6 Å². The second kappa shape index (κ2) is 8.40. The van der Waals surface area contributed by atoms with E-state index in [2.05, 4.69) is 15.3 Å². The van der Waals surface area contributed by atoms with E-state index in [-0.39, 0.29) is 16.3 Å². The lowest BCUT2D eigenvalue weighted by molar-refractivity contribution is -0.384. The van der Waals surface area contributed by atoms with Gasteiger partial charge < -0.3 is 5.32 Å². The number of nitro groups is 1. The third kappa shape index (κ3) is 4.19. The van der Waals surface area contributed by atoms with Gasteiger partial charge in [-0.25, -0.2) is 4.98 Å². The number of amides is 1. The van der Waals surface area contributed by atoms with Crippen LogP contribution >= 0.6 is 22.9 Å². The van der Waals surface area contributed by atoms with Crippen LogP contribution in [0.1, 0.15) is 10.4 Å². The van der Waals surface area contributed by atoms with E-state index < -0.39 is 10.8 Å². The first-order chi connectivity index (χ1) is 14.5. The average Bonchev–Trinajstić information content (AvgIpc) is 3.25. The van der Waals surface area contributed by atoms with Crippen LogP contribution in [0.4, 0.5) is 11.4 Å². The van der Waals surface area contributed by atoms with Crippen LogP contribution < -0.4 is 5.32 Å². The Kier molecular flexibility index (Phi) is 5.51. The molecular formula is C21H13ClN4O3S. The van der Waals surface area contributed by atoms with Crippen LogP contribution in [0.15, 0.2) is 72.2 Å². The van der Waals surface area contributed by atoms with Gasteiger partial charge in [-0.15, -0.1) is 11.3 Å². The van der Waals surface area contributed by atoms with Gasteiger partial charge >= 0.3 is 0 Å². The predicted molar refractivity (Wildman–Crippen MR) is 117 cm³/mol. The number of hydrogen-bond donors (Lipinski definition) is 1. The minimum absolute atomic E-state index is 0.0300. The summed E-state index contributed by atoms with van der Waals surface area (Å²) < 4.78 is 0. The fraction of sp³-hybridized carbons (Fsp3) is 0. The van der Waals surface area contributed by atoms with Crippen molar-refractivity contribution in [2.24, 2.45) is 0 Å². The minimum Gasteiger partial charge on any atom is -0.322 e. The highest BCUT2D eigenvalue weighted by Crippen LogP contribution is 2.29. The first-order valence-corrected chi connectivity index (χ1v) is 10.00. The number of nitrogens with one attached hydrogen (secondary N) is 1. The van der Waals surface area contributed by atoms with Gasteiger partial charge in [0.15, 0.2) is 0 Å². The smallest absolute Gasteiger partial charge is 0.270 e. The van der Waals surface area contributed by atoms with Crippen LogP contribution in [0.25, 0.3) is 22.0 Å². The molecule has 0 atom stereocenters. The molecule has 0 unspecified atom stereocenters. The highest BCUT2D eigenvalue weighted by molar-refractivity contribution is 7.13. The van der Waals surface area contributed by atoms with Crippen molar-refractivity contribution in [2.45, 2.75) is 0 Å². The molecule has 4 rings (SSSR count). The van der Waals surface area contributed by atoms with Gasteiger partial charge in [-0.2, -0.15) is 0 Å². The molecule has 0 radical (unpaired) electrons. The van der Waals surface area contributed by atoms with Gasteiger partial charge in [0.25, 0.3) is 11.6 Å². The quantitative estimate of drug-likeness (QED) is 0.320. The number of nitrogens with zero attached hydrogens (tertiary/aromatic N) is 3. The zero-order valence-corrected chi connectivity index (χ0v) is 16.9. The summed E-state index contributed by atoms with van der Waals surface area (Å²) in [4.78, 5) is 31.9. The van der Waals surface area contributed by atoms with Crippen molar-refractivity contribution in [2.75, 3.05) is 5.32 Å². The standard InChI is InChI=1S/C21H13ClN4O3S/c22-17-8-7-15(26(28)29)11-16(17)20(27)24-14-5-3-4-13(10-14)19-12-30-21(25-19)18-6-1-2-9-23-18/h1-12H,(H,24,27). The average molecular weight is 437 g/mol. The Balaban J connectivity index is 1.57. The number of hydrogen-bond acceptors (Lipinski definition) is 6. The van der Waals surface area contributed by atoms with Gasteiger partial charge in [-0.05, 0) is 30.3 Å². The van der Waals surface area contributed by atoms with E-state index in [1.54, 1.807) is 24.4 Å². The van der Waals surface area contributed by atoms with Crippen molar-refractivity contribution in [1.82, 2.24) is 9.97 Å². The zero-order valence-electron chi connectivity index (χ0n) is 15.3. The highest BCUT2D eigenvalue weighted by Gasteiger charge is 2.16. The molecule has 1 amide bonds. The topological polar surface area (TPSA) is 98.0 Å². The van der Waals surface area contributed by atoms with E-state index in [1.807, 2.05) is 29.6 Å². The maximum Gasteiger partial charge on any atom is 0.270 e. The zero-order chi connectivity index (χ0) is 21.1. The number of halogens is 1. The molecule has 0 saturated carbocycles. The molecule has 0 spiro atoms. The summed E-state index contributed by atoms with van der Waals surface area (Å²) in [6.45, 7) is 0. The normalized spacial score (nSPS) is 10.6. The highest BCUT2D eigenvalue weighted by atomic mass is 35.5.